The first kappa shape index (κ1) is 14.3. The van der Waals surface area contributed by atoms with Crippen LogP contribution < -0.4 is 5.32 Å². The number of carboxylic acids is 1. The Bertz CT molecular complexity index is 434. The van der Waals surface area contributed by atoms with Crippen LogP contribution in [-0.2, 0) is 9.59 Å². The molecular formula is C13H15NO3S. The molecule has 1 rings (SSSR count). The highest BCUT2D eigenvalue weighted by atomic mass is 32.1. The predicted molar refractivity (Wildman–Crippen MR) is 70.1 cm³/mol. The molecule has 0 spiro atoms. The van der Waals surface area contributed by atoms with Gasteiger partial charge in [0, 0.05) is 17.7 Å². The Morgan fingerprint density at radius 1 is 1.50 bits per heavy atom. The molecule has 0 fully saturated rings. The average Bonchev–Trinajstić information content (AvgIpc) is 2.85. The molecule has 1 heterocycles. The van der Waals surface area contributed by atoms with Gasteiger partial charge in [0.1, 0.15) is 0 Å². The average molecular weight is 265 g/mol. The van der Waals surface area contributed by atoms with Crippen molar-refractivity contribution in [3.63, 3.8) is 0 Å². The molecule has 0 aliphatic carbocycles. The van der Waals surface area contributed by atoms with E-state index < -0.39 is 12.0 Å². The Balaban J connectivity index is 2.45. The molecule has 5 heteroatoms. The van der Waals surface area contributed by atoms with E-state index in [1.165, 1.54) is 11.3 Å². The molecule has 1 aromatic heterocycles. The number of hydrogen-bond donors (Lipinski definition) is 2. The van der Waals surface area contributed by atoms with Gasteiger partial charge in [-0.1, -0.05) is 6.07 Å². The maximum Gasteiger partial charge on any atom is 0.331 e. The largest absolute Gasteiger partial charge is 0.479 e. The zero-order valence-corrected chi connectivity index (χ0v) is 10.7. The number of thiophene rings is 1. The number of nitrogens with one attached hydrogen (secondary N) is 1. The van der Waals surface area contributed by atoms with E-state index in [9.17, 15) is 9.59 Å². The molecule has 1 amide bonds. The summed E-state index contributed by atoms with van der Waals surface area (Å²) in [7, 11) is 0. The number of aliphatic carboxylic acids is 1. The van der Waals surface area contributed by atoms with Gasteiger partial charge < -0.3 is 10.4 Å². The fourth-order valence-electron chi connectivity index (χ4n) is 1.46. The van der Waals surface area contributed by atoms with Gasteiger partial charge in [-0.05, 0) is 24.3 Å². The summed E-state index contributed by atoms with van der Waals surface area (Å²) in [5.41, 5.74) is 0. The molecule has 0 aromatic carbocycles. The molecule has 4 nitrogen and oxygen atoms in total. The van der Waals surface area contributed by atoms with Gasteiger partial charge in [-0.3, -0.25) is 4.79 Å². The zero-order valence-electron chi connectivity index (χ0n) is 9.89. The van der Waals surface area contributed by atoms with Gasteiger partial charge in [0.2, 0.25) is 5.91 Å². The van der Waals surface area contributed by atoms with Crippen molar-refractivity contribution in [1.29, 1.82) is 0 Å². The number of carbonyl (C=O) groups is 2. The van der Waals surface area contributed by atoms with Crippen molar-refractivity contribution in [1.82, 2.24) is 5.32 Å². The van der Waals surface area contributed by atoms with Crippen LogP contribution in [0.4, 0.5) is 0 Å². The van der Waals surface area contributed by atoms with Crippen molar-refractivity contribution in [2.45, 2.75) is 31.7 Å². The van der Waals surface area contributed by atoms with Crippen LogP contribution >= 0.6 is 11.3 Å². The topological polar surface area (TPSA) is 66.4 Å². The van der Waals surface area contributed by atoms with E-state index in [1.807, 2.05) is 0 Å². The van der Waals surface area contributed by atoms with Gasteiger partial charge in [0.15, 0.2) is 6.04 Å². The number of carbonyl (C=O) groups excluding carboxylic acids is 1. The summed E-state index contributed by atoms with van der Waals surface area (Å²) >= 11 is 1.31. The molecule has 1 unspecified atom stereocenters. The lowest BCUT2D eigenvalue weighted by molar-refractivity contribution is -0.142. The van der Waals surface area contributed by atoms with E-state index in [0.29, 0.717) is 24.1 Å². The highest BCUT2D eigenvalue weighted by Gasteiger charge is 2.22. The van der Waals surface area contributed by atoms with Crippen LogP contribution in [0.5, 0.6) is 0 Å². The van der Waals surface area contributed by atoms with E-state index in [1.54, 1.807) is 17.5 Å². The number of amides is 1. The lowest BCUT2D eigenvalue weighted by atomic mass is 10.1. The van der Waals surface area contributed by atoms with Crippen molar-refractivity contribution in [2.24, 2.45) is 0 Å². The quantitative estimate of drug-likeness (QED) is 0.586. The summed E-state index contributed by atoms with van der Waals surface area (Å²) in [5, 5.41) is 13.4. The van der Waals surface area contributed by atoms with Crippen molar-refractivity contribution < 1.29 is 14.7 Å². The van der Waals surface area contributed by atoms with Gasteiger partial charge in [0.05, 0.1) is 0 Å². The van der Waals surface area contributed by atoms with Gasteiger partial charge >= 0.3 is 5.97 Å². The Morgan fingerprint density at radius 2 is 2.28 bits per heavy atom. The van der Waals surface area contributed by atoms with Crippen molar-refractivity contribution in [3.8, 4) is 12.3 Å². The minimum atomic E-state index is -1.05. The summed E-state index contributed by atoms with van der Waals surface area (Å²) in [6.45, 7) is 0. The highest BCUT2D eigenvalue weighted by Crippen LogP contribution is 2.19. The maximum absolute atomic E-state index is 11.6. The van der Waals surface area contributed by atoms with Crippen LogP contribution in [0.15, 0.2) is 17.5 Å². The zero-order chi connectivity index (χ0) is 13.4. The summed E-state index contributed by atoms with van der Waals surface area (Å²) < 4.78 is 0. The summed E-state index contributed by atoms with van der Waals surface area (Å²) in [4.78, 5) is 23.3. The molecule has 0 aliphatic heterocycles. The van der Waals surface area contributed by atoms with Gasteiger partial charge in [-0.2, -0.15) is 0 Å². The van der Waals surface area contributed by atoms with E-state index in [2.05, 4.69) is 11.2 Å². The lowest BCUT2D eigenvalue weighted by Gasteiger charge is -2.12. The number of hydrogen-bond acceptors (Lipinski definition) is 3. The summed E-state index contributed by atoms with van der Waals surface area (Å²) in [6, 6.07) is 2.50. The molecule has 0 saturated carbocycles. The fraction of sp³-hybridized carbons (Fsp3) is 0.385. The standard InChI is InChI=1S/C13H15NO3S/c1-2-3-4-5-8-11(15)14-12(13(16)17)10-7-6-9-18-10/h1,6-7,9,12H,3-5,8H2,(H,14,15)(H,16,17). The summed E-state index contributed by atoms with van der Waals surface area (Å²) in [5.74, 6) is 1.20. The van der Waals surface area contributed by atoms with E-state index >= 15 is 0 Å². The van der Waals surface area contributed by atoms with Crippen molar-refractivity contribution in [3.05, 3.63) is 22.4 Å². The number of unbranched alkanes of at least 4 members (excludes halogenated alkanes) is 2. The second kappa shape index (κ2) is 7.51. The SMILES string of the molecule is C#CCCCCC(=O)NC(C(=O)O)c1cccs1. The fourth-order valence-corrected chi connectivity index (χ4v) is 2.22. The third-order valence-electron chi connectivity index (χ3n) is 2.35. The van der Waals surface area contributed by atoms with Crippen molar-refractivity contribution >= 4 is 23.2 Å². The van der Waals surface area contributed by atoms with Gasteiger partial charge in [-0.15, -0.1) is 23.7 Å². The molecule has 0 radical (unpaired) electrons. The second-order valence-corrected chi connectivity index (χ2v) is 4.74. The lowest BCUT2D eigenvalue weighted by Crippen LogP contribution is -2.33. The molecule has 1 aromatic rings. The number of terminal acetylenes is 1. The second-order valence-electron chi connectivity index (χ2n) is 3.77. The van der Waals surface area contributed by atoms with Crippen LogP contribution in [0.2, 0.25) is 0 Å². The Morgan fingerprint density at radius 3 is 2.83 bits per heavy atom. The van der Waals surface area contributed by atoms with Gasteiger partial charge in [0.25, 0.3) is 0 Å². The number of carboxylic acid groups (broad SMARTS) is 1. The Hall–Kier alpha value is -1.80. The van der Waals surface area contributed by atoms with Crippen LogP contribution in [-0.4, -0.2) is 17.0 Å². The predicted octanol–water partition coefficient (Wildman–Crippen LogP) is 2.18. The first-order valence-corrected chi connectivity index (χ1v) is 6.52. The third kappa shape index (κ3) is 4.60. The molecule has 0 bridgehead atoms. The van der Waals surface area contributed by atoms with Crippen LogP contribution in [0, 0.1) is 12.3 Å². The Labute approximate surface area is 110 Å². The van der Waals surface area contributed by atoms with E-state index in [0.717, 1.165) is 6.42 Å². The van der Waals surface area contributed by atoms with Crippen molar-refractivity contribution in [2.75, 3.05) is 0 Å². The minimum Gasteiger partial charge on any atom is -0.479 e. The molecular weight excluding hydrogens is 250 g/mol. The monoisotopic (exact) mass is 265 g/mol. The molecule has 96 valence electrons. The first-order chi connectivity index (χ1) is 8.65. The molecule has 18 heavy (non-hydrogen) atoms. The van der Waals surface area contributed by atoms with Crippen LogP contribution in [0.3, 0.4) is 0 Å². The molecule has 1 atom stereocenters. The van der Waals surface area contributed by atoms with E-state index in [-0.39, 0.29) is 5.91 Å². The minimum absolute atomic E-state index is 0.257. The Kier molecular flexibility index (Phi) is 5.95. The van der Waals surface area contributed by atoms with Gasteiger partial charge in [-0.25, -0.2) is 4.79 Å². The van der Waals surface area contributed by atoms with Crippen LogP contribution in [0.25, 0.3) is 0 Å². The third-order valence-corrected chi connectivity index (χ3v) is 3.29. The number of rotatable bonds is 7. The molecule has 2 N–H and O–H groups in total. The summed E-state index contributed by atoms with van der Waals surface area (Å²) in [6.07, 6.45) is 7.50. The first-order valence-electron chi connectivity index (χ1n) is 5.64. The normalized spacial score (nSPS) is 11.5. The smallest absolute Gasteiger partial charge is 0.331 e. The molecule has 0 aliphatic rings. The van der Waals surface area contributed by atoms with E-state index in [4.69, 9.17) is 11.5 Å². The van der Waals surface area contributed by atoms with Crippen LogP contribution in [0.1, 0.15) is 36.6 Å². The maximum atomic E-state index is 11.6. The highest BCUT2D eigenvalue weighted by molar-refractivity contribution is 7.10. The molecule has 0 saturated heterocycles.